The molecule has 0 saturated heterocycles. The van der Waals surface area contributed by atoms with Gasteiger partial charge in [0, 0.05) is 12.7 Å². The maximum absolute atomic E-state index is 5.25. The second-order valence-electron chi connectivity index (χ2n) is 2.74. The van der Waals surface area contributed by atoms with Gasteiger partial charge in [-0.2, -0.15) is 0 Å². The van der Waals surface area contributed by atoms with E-state index in [0.717, 1.165) is 5.56 Å². The zero-order chi connectivity index (χ0) is 11.1. The van der Waals surface area contributed by atoms with Gasteiger partial charge in [0.05, 0.1) is 14.2 Å². The van der Waals surface area contributed by atoms with E-state index in [0.29, 0.717) is 11.5 Å². The van der Waals surface area contributed by atoms with E-state index in [4.69, 9.17) is 14.2 Å². The molecule has 0 aliphatic rings. The molecular weight excluding hydrogens is 192 g/mol. The van der Waals surface area contributed by atoms with Gasteiger partial charge in [-0.25, -0.2) is 0 Å². The second-order valence-corrected chi connectivity index (χ2v) is 2.74. The quantitative estimate of drug-likeness (QED) is 0.692. The standard InChI is InChI=1S/C12H14O3/c1-13-9-11(14-2)12(15-3)10-7-5-4-6-8-10/h4-8H,1-3H3. The molecule has 1 aromatic carbocycles. The Balaban J connectivity index is 3.05. The van der Waals surface area contributed by atoms with Crippen LogP contribution in [0.25, 0.3) is 5.76 Å². The summed E-state index contributed by atoms with van der Waals surface area (Å²) < 4.78 is 15.2. The fourth-order valence-corrected chi connectivity index (χ4v) is 1.20. The Hall–Kier alpha value is -1.48. The lowest BCUT2D eigenvalue weighted by atomic mass is 10.1. The first-order chi connectivity index (χ1) is 7.33. The molecule has 0 amide bonds. The van der Waals surface area contributed by atoms with Gasteiger partial charge in [-0.3, -0.25) is 0 Å². The average Bonchev–Trinajstić information content (AvgIpc) is 2.30. The molecule has 0 saturated carbocycles. The van der Waals surface area contributed by atoms with E-state index in [1.54, 1.807) is 14.2 Å². The number of hydrogen-bond donors (Lipinski definition) is 0. The summed E-state index contributed by atoms with van der Waals surface area (Å²) in [5, 5.41) is 0. The third kappa shape index (κ3) is 2.99. The lowest BCUT2D eigenvalue weighted by molar-refractivity contribution is 0.201. The van der Waals surface area contributed by atoms with Crippen LogP contribution in [0.5, 0.6) is 0 Å². The van der Waals surface area contributed by atoms with Gasteiger partial charge in [-0.05, 0) is 0 Å². The topological polar surface area (TPSA) is 27.7 Å². The lowest BCUT2D eigenvalue weighted by Crippen LogP contribution is -1.98. The molecule has 1 rings (SSSR count). The highest BCUT2D eigenvalue weighted by Crippen LogP contribution is 2.21. The van der Waals surface area contributed by atoms with Crippen LogP contribution < -0.4 is 0 Å². The van der Waals surface area contributed by atoms with Gasteiger partial charge in [-0.15, -0.1) is 0 Å². The molecule has 0 atom stereocenters. The van der Waals surface area contributed by atoms with Crippen LogP contribution >= 0.6 is 0 Å². The van der Waals surface area contributed by atoms with Crippen LogP contribution in [0.3, 0.4) is 0 Å². The monoisotopic (exact) mass is 206 g/mol. The molecule has 80 valence electrons. The Morgan fingerprint density at radius 1 is 1.00 bits per heavy atom. The van der Waals surface area contributed by atoms with Crippen LogP contribution in [0, 0.1) is 6.61 Å². The molecule has 0 aliphatic carbocycles. The van der Waals surface area contributed by atoms with Crippen molar-refractivity contribution in [3.8, 4) is 0 Å². The van der Waals surface area contributed by atoms with E-state index < -0.39 is 0 Å². The Kier molecular flexibility index (Phi) is 4.71. The van der Waals surface area contributed by atoms with Crippen molar-refractivity contribution in [1.82, 2.24) is 0 Å². The molecule has 3 nitrogen and oxygen atoms in total. The van der Waals surface area contributed by atoms with Crippen molar-refractivity contribution in [2.45, 2.75) is 0 Å². The smallest absolute Gasteiger partial charge is 0.208 e. The maximum atomic E-state index is 5.25. The predicted molar refractivity (Wildman–Crippen MR) is 57.6 cm³/mol. The number of hydrogen-bond acceptors (Lipinski definition) is 3. The molecule has 1 aromatic rings. The molecule has 0 bridgehead atoms. The highest BCUT2D eigenvalue weighted by molar-refractivity contribution is 5.62. The second kappa shape index (κ2) is 6.09. The largest absolute Gasteiger partial charge is 0.494 e. The van der Waals surface area contributed by atoms with Crippen molar-refractivity contribution in [2.75, 3.05) is 21.3 Å². The summed E-state index contributed by atoms with van der Waals surface area (Å²) in [5.74, 6) is 1.03. The first kappa shape index (κ1) is 11.6. The van der Waals surface area contributed by atoms with Gasteiger partial charge >= 0.3 is 0 Å². The molecular formula is C12H14O3. The molecule has 0 aliphatic heterocycles. The first-order valence-corrected chi connectivity index (χ1v) is 4.50. The van der Waals surface area contributed by atoms with Crippen LogP contribution in [-0.4, -0.2) is 21.3 Å². The lowest BCUT2D eigenvalue weighted by Gasteiger charge is -2.11. The van der Waals surface area contributed by atoms with E-state index >= 15 is 0 Å². The third-order valence-corrected chi connectivity index (χ3v) is 1.85. The van der Waals surface area contributed by atoms with Gasteiger partial charge in [0.2, 0.25) is 6.61 Å². The predicted octanol–water partition coefficient (Wildman–Crippen LogP) is 2.33. The van der Waals surface area contributed by atoms with Crippen molar-refractivity contribution in [3.05, 3.63) is 48.3 Å². The van der Waals surface area contributed by atoms with Gasteiger partial charge in [0.15, 0.2) is 11.5 Å². The molecule has 0 unspecified atom stereocenters. The Bertz CT molecular complexity index is 317. The van der Waals surface area contributed by atoms with Crippen molar-refractivity contribution < 1.29 is 14.2 Å². The summed E-state index contributed by atoms with van der Waals surface area (Å²) in [4.78, 5) is 0. The minimum absolute atomic E-state index is 0.436. The first-order valence-electron chi connectivity index (χ1n) is 4.50. The number of benzene rings is 1. The highest BCUT2D eigenvalue weighted by atomic mass is 16.5. The Morgan fingerprint density at radius 2 is 1.67 bits per heavy atom. The number of rotatable bonds is 5. The van der Waals surface area contributed by atoms with Gasteiger partial charge in [0.25, 0.3) is 0 Å². The summed E-state index contributed by atoms with van der Waals surface area (Å²) in [6.45, 7) is 2.61. The van der Waals surface area contributed by atoms with Crippen LogP contribution in [0.15, 0.2) is 36.1 Å². The zero-order valence-electron chi connectivity index (χ0n) is 9.11. The van der Waals surface area contributed by atoms with Crippen molar-refractivity contribution in [1.29, 1.82) is 0 Å². The van der Waals surface area contributed by atoms with Crippen LogP contribution in [0.1, 0.15) is 5.56 Å². The van der Waals surface area contributed by atoms with E-state index in [2.05, 4.69) is 6.61 Å². The molecule has 0 fully saturated rings. The van der Waals surface area contributed by atoms with Crippen molar-refractivity contribution >= 4 is 5.76 Å². The van der Waals surface area contributed by atoms with E-state index in [9.17, 15) is 0 Å². The molecule has 2 radical (unpaired) electrons. The summed E-state index contributed by atoms with van der Waals surface area (Å²) in [6, 6.07) is 9.64. The Morgan fingerprint density at radius 3 is 2.13 bits per heavy atom. The minimum atomic E-state index is 0.436. The SMILES string of the molecule is CO[C]C(OC)=C(OC)c1ccccc1. The number of ether oxygens (including phenoxy) is 3. The van der Waals surface area contributed by atoms with Crippen molar-refractivity contribution in [2.24, 2.45) is 0 Å². The van der Waals surface area contributed by atoms with Crippen LogP contribution in [0.2, 0.25) is 0 Å². The normalized spacial score (nSPS) is 11.9. The molecule has 3 heteroatoms. The van der Waals surface area contributed by atoms with Crippen LogP contribution in [0.4, 0.5) is 0 Å². The molecule has 0 heterocycles. The molecule has 0 spiro atoms. The molecule has 0 aromatic heterocycles. The highest BCUT2D eigenvalue weighted by Gasteiger charge is 2.11. The fourth-order valence-electron chi connectivity index (χ4n) is 1.20. The molecule has 15 heavy (non-hydrogen) atoms. The van der Waals surface area contributed by atoms with Gasteiger partial charge in [0.1, 0.15) is 0 Å². The zero-order valence-corrected chi connectivity index (χ0v) is 9.11. The Labute approximate surface area is 90.3 Å². The number of methoxy groups -OCH3 is 3. The van der Waals surface area contributed by atoms with E-state index in [-0.39, 0.29) is 0 Å². The fraction of sp³-hybridized carbons (Fsp3) is 0.250. The van der Waals surface area contributed by atoms with E-state index in [1.807, 2.05) is 30.3 Å². The van der Waals surface area contributed by atoms with E-state index in [1.165, 1.54) is 7.11 Å². The third-order valence-electron chi connectivity index (χ3n) is 1.85. The summed E-state index contributed by atoms with van der Waals surface area (Å²) in [6.07, 6.45) is 0. The summed E-state index contributed by atoms with van der Waals surface area (Å²) in [5.41, 5.74) is 0.918. The van der Waals surface area contributed by atoms with Crippen molar-refractivity contribution in [3.63, 3.8) is 0 Å². The van der Waals surface area contributed by atoms with Gasteiger partial charge in [-0.1, -0.05) is 30.3 Å². The maximum Gasteiger partial charge on any atom is 0.208 e. The van der Waals surface area contributed by atoms with Gasteiger partial charge < -0.3 is 14.2 Å². The van der Waals surface area contributed by atoms with Crippen LogP contribution in [-0.2, 0) is 14.2 Å². The summed E-state index contributed by atoms with van der Waals surface area (Å²) >= 11 is 0. The molecule has 0 N–H and O–H groups in total. The minimum Gasteiger partial charge on any atom is -0.494 e. The summed E-state index contributed by atoms with van der Waals surface area (Å²) in [7, 11) is 4.64. The average molecular weight is 206 g/mol.